The van der Waals surface area contributed by atoms with Crippen LogP contribution in [0.3, 0.4) is 0 Å². The second-order valence-electron chi connectivity index (χ2n) is 18.1. The summed E-state index contributed by atoms with van der Waals surface area (Å²) in [6, 6.07) is 0. The Morgan fingerprint density at radius 1 is 0.304 bits per heavy atom. The molecule has 0 heterocycles. The molecule has 0 radical (unpaired) electrons. The molecular formula is C63H102O6. The maximum absolute atomic E-state index is 12.7. The highest BCUT2D eigenvalue weighted by molar-refractivity contribution is 5.71. The van der Waals surface area contributed by atoms with E-state index in [-0.39, 0.29) is 31.1 Å². The third kappa shape index (κ3) is 54.6. The minimum Gasteiger partial charge on any atom is -0.462 e. The molecule has 0 N–H and O–H groups in total. The van der Waals surface area contributed by atoms with Crippen molar-refractivity contribution in [3.05, 3.63) is 122 Å². The van der Waals surface area contributed by atoms with Gasteiger partial charge in [0.1, 0.15) is 13.2 Å². The first kappa shape index (κ1) is 64.8. The zero-order valence-corrected chi connectivity index (χ0v) is 44.5. The van der Waals surface area contributed by atoms with Crippen molar-refractivity contribution in [2.45, 2.75) is 245 Å². The molecule has 0 amide bonds. The number of esters is 3. The first-order valence-electron chi connectivity index (χ1n) is 28.0. The lowest BCUT2D eigenvalue weighted by molar-refractivity contribution is -0.167. The Morgan fingerprint density at radius 3 is 0.884 bits per heavy atom. The Hall–Kier alpha value is -4.19. The number of hydrogen-bond acceptors (Lipinski definition) is 6. The highest BCUT2D eigenvalue weighted by Gasteiger charge is 2.19. The number of unbranched alkanes of at least 4 members (excludes halogenated alkanes) is 18. The summed E-state index contributed by atoms with van der Waals surface area (Å²) in [7, 11) is 0. The molecule has 0 aromatic heterocycles. The van der Waals surface area contributed by atoms with Gasteiger partial charge in [-0.25, -0.2) is 0 Å². The fourth-order valence-electron chi connectivity index (χ4n) is 7.29. The van der Waals surface area contributed by atoms with Crippen LogP contribution in [0.15, 0.2) is 122 Å². The van der Waals surface area contributed by atoms with Gasteiger partial charge in [-0.2, -0.15) is 0 Å². The van der Waals surface area contributed by atoms with Crippen molar-refractivity contribution in [2.75, 3.05) is 13.2 Å². The van der Waals surface area contributed by atoms with Crippen molar-refractivity contribution in [3.63, 3.8) is 0 Å². The number of rotatable bonds is 49. The minimum atomic E-state index is -0.792. The van der Waals surface area contributed by atoms with E-state index in [4.69, 9.17) is 14.2 Å². The van der Waals surface area contributed by atoms with Crippen LogP contribution in [-0.2, 0) is 28.6 Å². The molecule has 0 aromatic rings. The van der Waals surface area contributed by atoms with Crippen LogP contribution in [0.2, 0.25) is 0 Å². The largest absolute Gasteiger partial charge is 0.462 e. The summed E-state index contributed by atoms with van der Waals surface area (Å²) in [5.41, 5.74) is 0. The summed E-state index contributed by atoms with van der Waals surface area (Å²) >= 11 is 0. The van der Waals surface area contributed by atoms with E-state index < -0.39 is 6.10 Å². The van der Waals surface area contributed by atoms with E-state index in [1.807, 2.05) is 0 Å². The van der Waals surface area contributed by atoms with E-state index in [9.17, 15) is 14.4 Å². The van der Waals surface area contributed by atoms with Crippen LogP contribution in [0, 0.1) is 0 Å². The Balaban J connectivity index is 4.22. The van der Waals surface area contributed by atoms with Crippen LogP contribution in [0.4, 0.5) is 0 Å². The fourth-order valence-corrected chi connectivity index (χ4v) is 7.29. The summed E-state index contributed by atoms with van der Waals surface area (Å²) < 4.78 is 16.7. The average molecular weight is 956 g/mol. The molecule has 390 valence electrons. The smallest absolute Gasteiger partial charge is 0.306 e. The van der Waals surface area contributed by atoms with Crippen molar-refractivity contribution < 1.29 is 28.6 Å². The normalized spacial score (nSPS) is 13.0. The molecule has 0 saturated heterocycles. The minimum absolute atomic E-state index is 0.0912. The molecule has 0 fully saturated rings. The van der Waals surface area contributed by atoms with E-state index in [0.29, 0.717) is 19.3 Å². The first-order valence-corrected chi connectivity index (χ1v) is 28.0. The van der Waals surface area contributed by atoms with Crippen molar-refractivity contribution in [1.29, 1.82) is 0 Å². The van der Waals surface area contributed by atoms with Crippen LogP contribution in [0.5, 0.6) is 0 Å². The lowest BCUT2D eigenvalue weighted by Gasteiger charge is -2.18. The zero-order chi connectivity index (χ0) is 50.0. The van der Waals surface area contributed by atoms with Crippen molar-refractivity contribution in [2.24, 2.45) is 0 Å². The molecular weight excluding hydrogens is 853 g/mol. The molecule has 6 nitrogen and oxygen atoms in total. The van der Waals surface area contributed by atoms with E-state index in [1.165, 1.54) is 77.0 Å². The topological polar surface area (TPSA) is 78.9 Å². The van der Waals surface area contributed by atoms with Gasteiger partial charge in [0.25, 0.3) is 0 Å². The summed E-state index contributed by atoms with van der Waals surface area (Å²) in [6.07, 6.45) is 77.9. The molecule has 0 aliphatic carbocycles. The predicted octanol–water partition coefficient (Wildman–Crippen LogP) is 18.9. The Kier molecular flexibility index (Phi) is 53.0. The highest BCUT2D eigenvalue weighted by atomic mass is 16.6. The number of ether oxygens (including phenoxy) is 3. The number of carbonyl (C=O) groups is 3. The van der Waals surface area contributed by atoms with E-state index in [2.05, 4.69) is 142 Å². The van der Waals surface area contributed by atoms with Gasteiger partial charge in [0.05, 0.1) is 0 Å². The summed E-state index contributed by atoms with van der Waals surface area (Å²) in [5, 5.41) is 0. The molecule has 1 unspecified atom stereocenters. The third-order valence-electron chi connectivity index (χ3n) is 11.5. The van der Waals surface area contributed by atoms with E-state index in [1.54, 1.807) is 0 Å². The van der Waals surface area contributed by atoms with Gasteiger partial charge in [-0.15, -0.1) is 0 Å². The maximum atomic E-state index is 12.7. The molecule has 0 aliphatic heterocycles. The van der Waals surface area contributed by atoms with Crippen molar-refractivity contribution in [1.82, 2.24) is 0 Å². The van der Waals surface area contributed by atoms with Gasteiger partial charge >= 0.3 is 17.9 Å². The third-order valence-corrected chi connectivity index (χ3v) is 11.5. The molecule has 69 heavy (non-hydrogen) atoms. The maximum Gasteiger partial charge on any atom is 0.306 e. The molecule has 0 saturated carbocycles. The van der Waals surface area contributed by atoms with Crippen LogP contribution < -0.4 is 0 Å². The predicted molar refractivity (Wildman–Crippen MR) is 297 cm³/mol. The quantitative estimate of drug-likeness (QED) is 0.0262. The van der Waals surface area contributed by atoms with E-state index in [0.717, 1.165) is 122 Å². The van der Waals surface area contributed by atoms with Gasteiger partial charge in [-0.05, 0) is 96.3 Å². The van der Waals surface area contributed by atoms with Gasteiger partial charge in [-0.1, -0.05) is 245 Å². The van der Waals surface area contributed by atoms with Gasteiger partial charge in [-0.3, -0.25) is 14.4 Å². The molecule has 0 bridgehead atoms. The number of hydrogen-bond donors (Lipinski definition) is 0. The van der Waals surface area contributed by atoms with Crippen molar-refractivity contribution in [3.8, 4) is 0 Å². The Labute approximate surface area is 424 Å². The van der Waals surface area contributed by atoms with Gasteiger partial charge in [0.15, 0.2) is 6.10 Å². The first-order chi connectivity index (χ1) is 34.0. The summed E-state index contributed by atoms with van der Waals surface area (Å²) in [5.74, 6) is -0.948. The lowest BCUT2D eigenvalue weighted by atomic mass is 10.1. The SMILES string of the molecule is CC/C=C\C/C=C\C/C=C\C/C=C\C/C=C\C/C=C\C/C=C\C/C=C\C/C=C\C/C=C\CCCCC(=O)OCC(COC(=O)CCCCCCCCCC)OC(=O)CCCCCCCCCCCC. The van der Waals surface area contributed by atoms with Crippen molar-refractivity contribution >= 4 is 17.9 Å². The summed E-state index contributed by atoms with van der Waals surface area (Å²) in [6.45, 7) is 6.43. The van der Waals surface area contributed by atoms with Crippen LogP contribution in [0.1, 0.15) is 239 Å². The lowest BCUT2D eigenvalue weighted by Crippen LogP contribution is -2.30. The van der Waals surface area contributed by atoms with Crippen LogP contribution >= 0.6 is 0 Å². The number of allylic oxidation sites excluding steroid dienone is 20. The summed E-state index contributed by atoms with van der Waals surface area (Å²) in [4.78, 5) is 37.8. The molecule has 1 atom stereocenters. The zero-order valence-electron chi connectivity index (χ0n) is 44.5. The molecule has 6 heteroatoms. The standard InChI is InChI=1S/C63H102O6/c1-4-7-10-13-16-19-21-22-23-24-25-26-27-28-29-30-31-32-33-34-35-36-37-38-39-40-41-42-43-45-47-50-53-56-62(65)68-59-60(58-67-61(64)55-52-49-46-18-15-12-9-6-3)69-63(66)57-54-51-48-44-20-17-14-11-8-5-2/h7,10,16,19,22-23,25-26,28-29,31-32,34-35,37-38,40-41,43,45,60H,4-6,8-9,11-15,17-18,20-21,24,27,30,33,36,39,42,44,46-59H2,1-3H3/b10-7-,19-16-,23-22-,26-25-,29-28-,32-31-,35-34-,38-37-,41-40-,45-43-. The Morgan fingerprint density at radius 2 is 0.565 bits per heavy atom. The molecule has 0 rings (SSSR count). The second kappa shape index (κ2) is 56.4. The number of carbonyl (C=O) groups excluding carboxylic acids is 3. The fraction of sp³-hybridized carbons (Fsp3) is 0.635. The van der Waals surface area contributed by atoms with Crippen LogP contribution in [0.25, 0.3) is 0 Å². The van der Waals surface area contributed by atoms with Gasteiger partial charge < -0.3 is 14.2 Å². The highest BCUT2D eigenvalue weighted by Crippen LogP contribution is 2.14. The monoisotopic (exact) mass is 955 g/mol. The average Bonchev–Trinajstić information content (AvgIpc) is 3.35. The Bertz CT molecular complexity index is 1470. The molecule has 0 spiro atoms. The van der Waals surface area contributed by atoms with E-state index >= 15 is 0 Å². The van der Waals surface area contributed by atoms with Gasteiger partial charge in [0.2, 0.25) is 0 Å². The van der Waals surface area contributed by atoms with Gasteiger partial charge in [0, 0.05) is 19.3 Å². The molecule has 0 aliphatic rings. The second-order valence-corrected chi connectivity index (χ2v) is 18.1. The van der Waals surface area contributed by atoms with Crippen LogP contribution in [-0.4, -0.2) is 37.2 Å². The molecule has 0 aromatic carbocycles.